The summed E-state index contributed by atoms with van der Waals surface area (Å²) in [5.74, 6) is 0.679. The van der Waals surface area contributed by atoms with Gasteiger partial charge in [-0.1, -0.05) is 6.07 Å². The topological polar surface area (TPSA) is 21.3 Å². The largest absolute Gasteiger partial charge is 0.492 e. The summed E-state index contributed by atoms with van der Waals surface area (Å²) in [4.78, 5) is 0. The van der Waals surface area contributed by atoms with Crippen LogP contribution in [0, 0.1) is 5.82 Å². The molecule has 0 amide bonds. The predicted octanol–water partition coefficient (Wildman–Crippen LogP) is 2.19. The highest BCUT2D eigenvalue weighted by Gasteiger charge is 2.26. The van der Waals surface area contributed by atoms with Crippen molar-refractivity contribution in [3.8, 4) is 5.75 Å². The lowest BCUT2D eigenvalue weighted by molar-refractivity contribution is 0.350. The molecular weight excluding hydrogens is 193 g/mol. The highest BCUT2D eigenvalue weighted by atomic mass is 19.1. The van der Waals surface area contributed by atoms with Gasteiger partial charge in [0.1, 0.15) is 11.6 Å². The van der Waals surface area contributed by atoms with E-state index in [9.17, 15) is 4.39 Å². The first kappa shape index (κ1) is 9.16. The van der Waals surface area contributed by atoms with Crippen LogP contribution < -0.4 is 10.1 Å². The van der Waals surface area contributed by atoms with E-state index in [-0.39, 0.29) is 5.82 Å². The van der Waals surface area contributed by atoms with E-state index in [1.165, 1.54) is 6.42 Å². The SMILES string of the molecule is Fc1ccc([C@@H]2CCCN2)c2c1CCO2. The molecule has 0 radical (unpaired) electrons. The summed E-state index contributed by atoms with van der Waals surface area (Å²) in [6.07, 6.45) is 3.03. The number of rotatable bonds is 1. The van der Waals surface area contributed by atoms with E-state index in [1.807, 2.05) is 6.07 Å². The third-order valence-electron chi connectivity index (χ3n) is 3.27. The van der Waals surface area contributed by atoms with E-state index in [0.29, 0.717) is 19.1 Å². The van der Waals surface area contributed by atoms with Crippen molar-refractivity contribution >= 4 is 0 Å². The molecular formula is C12H14FNO. The standard InChI is InChI=1S/C12H14FNO/c13-10-4-3-9(11-2-1-6-14-11)12-8(10)5-7-15-12/h3-4,11,14H,1-2,5-7H2/t11-/m0/s1. The molecule has 2 heterocycles. The molecule has 1 N–H and O–H groups in total. The highest BCUT2D eigenvalue weighted by molar-refractivity contribution is 5.46. The molecule has 2 nitrogen and oxygen atoms in total. The average Bonchev–Trinajstić information content (AvgIpc) is 2.88. The third-order valence-corrected chi connectivity index (χ3v) is 3.27. The lowest BCUT2D eigenvalue weighted by Crippen LogP contribution is -2.13. The first-order valence-corrected chi connectivity index (χ1v) is 5.54. The highest BCUT2D eigenvalue weighted by Crippen LogP contribution is 2.37. The second-order valence-electron chi connectivity index (χ2n) is 4.19. The fraction of sp³-hybridized carbons (Fsp3) is 0.500. The van der Waals surface area contributed by atoms with E-state index >= 15 is 0 Å². The summed E-state index contributed by atoms with van der Waals surface area (Å²) in [6, 6.07) is 3.79. The molecule has 3 heteroatoms. The van der Waals surface area contributed by atoms with Crippen molar-refractivity contribution < 1.29 is 9.13 Å². The summed E-state index contributed by atoms with van der Waals surface area (Å²) in [5, 5.41) is 3.42. The molecule has 1 aromatic carbocycles. The molecule has 1 fully saturated rings. The molecule has 0 saturated carbocycles. The van der Waals surface area contributed by atoms with Crippen LogP contribution in [0.5, 0.6) is 5.75 Å². The maximum atomic E-state index is 13.5. The second kappa shape index (κ2) is 3.49. The smallest absolute Gasteiger partial charge is 0.130 e. The molecule has 1 saturated heterocycles. The zero-order valence-electron chi connectivity index (χ0n) is 8.55. The van der Waals surface area contributed by atoms with Crippen LogP contribution in [0.15, 0.2) is 12.1 Å². The Balaban J connectivity index is 2.04. The Morgan fingerprint density at radius 1 is 1.40 bits per heavy atom. The summed E-state index contributed by atoms with van der Waals surface area (Å²) in [6.45, 7) is 1.67. The maximum absolute atomic E-state index is 13.5. The van der Waals surface area contributed by atoms with Gasteiger partial charge in [0, 0.05) is 23.6 Å². The van der Waals surface area contributed by atoms with Gasteiger partial charge >= 0.3 is 0 Å². The van der Waals surface area contributed by atoms with Crippen LogP contribution in [0.4, 0.5) is 4.39 Å². The molecule has 15 heavy (non-hydrogen) atoms. The van der Waals surface area contributed by atoms with Crippen molar-refractivity contribution in [1.82, 2.24) is 5.32 Å². The van der Waals surface area contributed by atoms with Crippen molar-refractivity contribution in [3.05, 3.63) is 29.1 Å². The number of hydrogen-bond acceptors (Lipinski definition) is 2. The van der Waals surface area contributed by atoms with Gasteiger partial charge in [-0.05, 0) is 25.5 Å². The predicted molar refractivity (Wildman–Crippen MR) is 55.6 cm³/mol. The van der Waals surface area contributed by atoms with Gasteiger partial charge in [0.15, 0.2) is 0 Å². The van der Waals surface area contributed by atoms with Gasteiger partial charge in [0.2, 0.25) is 0 Å². The molecule has 3 rings (SSSR count). The summed E-state index contributed by atoms with van der Waals surface area (Å²) < 4.78 is 19.0. The fourth-order valence-corrected chi connectivity index (χ4v) is 2.50. The Kier molecular flexibility index (Phi) is 2.13. The Hall–Kier alpha value is -1.09. The number of fused-ring (bicyclic) bond motifs is 1. The van der Waals surface area contributed by atoms with Crippen LogP contribution in [-0.4, -0.2) is 13.2 Å². The van der Waals surface area contributed by atoms with Gasteiger partial charge in [-0.3, -0.25) is 0 Å². The molecule has 1 aromatic rings. The molecule has 0 spiro atoms. The quantitative estimate of drug-likeness (QED) is 0.762. The van der Waals surface area contributed by atoms with Crippen molar-refractivity contribution in [2.45, 2.75) is 25.3 Å². The Labute approximate surface area is 88.4 Å². The minimum absolute atomic E-state index is 0.121. The number of halogens is 1. The van der Waals surface area contributed by atoms with E-state index in [0.717, 1.165) is 29.8 Å². The lowest BCUT2D eigenvalue weighted by atomic mass is 10.0. The number of hydrogen-bond donors (Lipinski definition) is 1. The van der Waals surface area contributed by atoms with Gasteiger partial charge in [0.05, 0.1) is 6.61 Å². The average molecular weight is 207 g/mol. The zero-order valence-corrected chi connectivity index (χ0v) is 8.55. The second-order valence-corrected chi connectivity index (χ2v) is 4.19. The number of benzene rings is 1. The first-order valence-electron chi connectivity index (χ1n) is 5.54. The molecule has 2 aliphatic rings. The molecule has 80 valence electrons. The van der Waals surface area contributed by atoms with Crippen LogP contribution in [0.1, 0.15) is 30.0 Å². The van der Waals surface area contributed by atoms with E-state index in [2.05, 4.69) is 5.32 Å². The molecule has 0 aromatic heterocycles. The van der Waals surface area contributed by atoms with Gasteiger partial charge in [-0.2, -0.15) is 0 Å². The fourth-order valence-electron chi connectivity index (χ4n) is 2.50. The van der Waals surface area contributed by atoms with Crippen molar-refractivity contribution in [1.29, 1.82) is 0 Å². The Morgan fingerprint density at radius 3 is 3.13 bits per heavy atom. The van der Waals surface area contributed by atoms with E-state index in [4.69, 9.17) is 4.74 Å². The van der Waals surface area contributed by atoms with Gasteiger partial charge in [-0.25, -0.2) is 4.39 Å². The van der Waals surface area contributed by atoms with Gasteiger partial charge in [-0.15, -0.1) is 0 Å². The minimum atomic E-state index is -0.121. The summed E-state index contributed by atoms with van der Waals surface area (Å²) in [7, 11) is 0. The van der Waals surface area contributed by atoms with Gasteiger partial charge in [0.25, 0.3) is 0 Å². The Morgan fingerprint density at radius 2 is 2.33 bits per heavy atom. The first-order chi connectivity index (χ1) is 7.36. The third kappa shape index (κ3) is 1.42. The normalized spacial score (nSPS) is 23.9. The number of ether oxygens (including phenoxy) is 1. The monoisotopic (exact) mass is 207 g/mol. The molecule has 1 atom stereocenters. The minimum Gasteiger partial charge on any atom is -0.492 e. The summed E-state index contributed by atoms with van der Waals surface area (Å²) >= 11 is 0. The molecule has 0 unspecified atom stereocenters. The maximum Gasteiger partial charge on any atom is 0.130 e. The zero-order chi connectivity index (χ0) is 10.3. The Bertz CT molecular complexity index is 385. The number of nitrogens with one attached hydrogen (secondary N) is 1. The van der Waals surface area contributed by atoms with Crippen LogP contribution >= 0.6 is 0 Å². The van der Waals surface area contributed by atoms with Crippen molar-refractivity contribution in [2.24, 2.45) is 0 Å². The molecule has 2 aliphatic heterocycles. The van der Waals surface area contributed by atoms with Crippen LogP contribution in [0.2, 0.25) is 0 Å². The van der Waals surface area contributed by atoms with E-state index < -0.39 is 0 Å². The van der Waals surface area contributed by atoms with Crippen LogP contribution in [-0.2, 0) is 6.42 Å². The summed E-state index contributed by atoms with van der Waals surface area (Å²) in [5.41, 5.74) is 1.91. The van der Waals surface area contributed by atoms with E-state index in [1.54, 1.807) is 6.07 Å². The van der Waals surface area contributed by atoms with Crippen LogP contribution in [0.25, 0.3) is 0 Å². The van der Waals surface area contributed by atoms with Gasteiger partial charge < -0.3 is 10.1 Å². The molecule has 0 bridgehead atoms. The van der Waals surface area contributed by atoms with Crippen molar-refractivity contribution in [3.63, 3.8) is 0 Å². The lowest BCUT2D eigenvalue weighted by Gasteiger charge is -2.14. The van der Waals surface area contributed by atoms with Crippen molar-refractivity contribution in [2.75, 3.05) is 13.2 Å². The molecule has 0 aliphatic carbocycles. The van der Waals surface area contributed by atoms with Crippen LogP contribution in [0.3, 0.4) is 0 Å².